The topological polar surface area (TPSA) is 49.4 Å². The number of nitrogens with one attached hydrogen (secondary N) is 1. The van der Waals surface area contributed by atoms with Crippen LogP contribution in [0.15, 0.2) is 48.5 Å². The molecule has 1 N–H and O–H groups in total. The first-order valence-electron chi connectivity index (χ1n) is 7.36. The lowest BCUT2D eigenvalue weighted by Crippen LogP contribution is -2.55. The van der Waals surface area contributed by atoms with E-state index in [1.807, 2.05) is 26.8 Å². The van der Waals surface area contributed by atoms with Crippen LogP contribution in [0.25, 0.3) is 0 Å². The van der Waals surface area contributed by atoms with Gasteiger partial charge in [-0.05, 0) is 51.1 Å². The molecule has 0 radical (unpaired) electrons. The fraction of sp³-hybridized carbons (Fsp3) is 0.222. The number of nitrogens with zero attached hydrogens (tertiary/aromatic N) is 1. The summed E-state index contributed by atoms with van der Waals surface area (Å²) in [4.78, 5) is 25.3. The van der Waals surface area contributed by atoms with Crippen LogP contribution >= 0.6 is 23.2 Å². The van der Waals surface area contributed by atoms with Gasteiger partial charge in [-0.1, -0.05) is 41.4 Å². The minimum absolute atomic E-state index is 0.232. The molecule has 0 aliphatic rings. The van der Waals surface area contributed by atoms with Gasteiger partial charge in [0.05, 0.1) is 16.1 Å². The average molecular weight is 365 g/mol. The van der Waals surface area contributed by atoms with Crippen LogP contribution in [0.3, 0.4) is 0 Å². The molecular weight excluding hydrogens is 347 g/mol. The maximum Gasteiger partial charge on any atom is 0.274 e. The van der Waals surface area contributed by atoms with Crippen molar-refractivity contribution in [1.29, 1.82) is 0 Å². The van der Waals surface area contributed by atoms with Gasteiger partial charge in [0.2, 0.25) is 0 Å². The fourth-order valence-electron chi connectivity index (χ4n) is 2.06. The highest BCUT2D eigenvalue weighted by atomic mass is 35.5. The highest BCUT2D eigenvalue weighted by Crippen LogP contribution is 2.24. The first kappa shape index (κ1) is 18.3. The molecule has 0 aliphatic carbocycles. The molecular formula is C18H18Cl2N2O2. The van der Waals surface area contributed by atoms with Crippen molar-refractivity contribution in [2.75, 3.05) is 0 Å². The van der Waals surface area contributed by atoms with Gasteiger partial charge in [-0.15, -0.1) is 0 Å². The summed E-state index contributed by atoms with van der Waals surface area (Å²) in [6.45, 7) is 5.46. The molecule has 0 spiro atoms. The van der Waals surface area contributed by atoms with E-state index in [1.54, 1.807) is 36.4 Å². The van der Waals surface area contributed by atoms with Crippen molar-refractivity contribution in [2.24, 2.45) is 0 Å². The zero-order chi connectivity index (χ0) is 17.9. The smallest absolute Gasteiger partial charge is 0.267 e. The van der Waals surface area contributed by atoms with Crippen LogP contribution in [-0.2, 0) is 0 Å². The molecule has 4 nitrogen and oxygen atoms in total. The van der Waals surface area contributed by atoms with Crippen LogP contribution in [0.5, 0.6) is 0 Å². The zero-order valence-corrected chi connectivity index (χ0v) is 15.2. The van der Waals surface area contributed by atoms with Crippen LogP contribution in [0.4, 0.5) is 0 Å². The van der Waals surface area contributed by atoms with Gasteiger partial charge < -0.3 is 0 Å². The van der Waals surface area contributed by atoms with E-state index < -0.39 is 11.4 Å². The molecule has 0 aliphatic heterocycles. The van der Waals surface area contributed by atoms with E-state index in [1.165, 1.54) is 11.1 Å². The van der Waals surface area contributed by atoms with Crippen LogP contribution in [0, 0.1) is 0 Å². The summed E-state index contributed by atoms with van der Waals surface area (Å²) in [5, 5.41) is 1.94. The highest BCUT2D eigenvalue weighted by molar-refractivity contribution is 6.36. The molecule has 0 bridgehead atoms. The van der Waals surface area contributed by atoms with Crippen LogP contribution in [-0.4, -0.2) is 22.4 Å². The lowest BCUT2D eigenvalue weighted by molar-refractivity contribution is 0.0359. The van der Waals surface area contributed by atoms with E-state index in [9.17, 15) is 9.59 Å². The summed E-state index contributed by atoms with van der Waals surface area (Å²) < 4.78 is 0. The standard InChI is InChI=1S/C18H18Cl2N2O2/c1-18(2,3)22(21-16(23)12-7-5-4-6-8-12)17(24)14-10-9-13(19)11-15(14)20/h4-11H,1-3H3,(H,21,23). The molecule has 24 heavy (non-hydrogen) atoms. The van der Waals surface area contributed by atoms with Gasteiger partial charge in [-0.3, -0.25) is 15.0 Å². The number of carbonyl (C=O) groups is 2. The minimum atomic E-state index is -0.648. The van der Waals surface area contributed by atoms with Gasteiger partial charge in [-0.25, -0.2) is 5.01 Å². The first-order valence-corrected chi connectivity index (χ1v) is 8.11. The van der Waals surface area contributed by atoms with Gasteiger partial charge in [0.15, 0.2) is 0 Å². The Bertz CT molecular complexity index is 755. The number of halogens is 2. The Morgan fingerprint density at radius 3 is 2.17 bits per heavy atom. The molecule has 2 rings (SSSR count). The van der Waals surface area contributed by atoms with Gasteiger partial charge in [0, 0.05) is 10.6 Å². The minimum Gasteiger partial charge on any atom is -0.267 e. The number of rotatable bonds is 2. The summed E-state index contributed by atoms with van der Waals surface area (Å²) in [6.07, 6.45) is 0. The third kappa shape index (κ3) is 4.28. The van der Waals surface area contributed by atoms with E-state index in [2.05, 4.69) is 5.43 Å². The number of amides is 2. The number of carbonyl (C=O) groups excluding carboxylic acids is 2. The fourth-order valence-corrected chi connectivity index (χ4v) is 2.55. The predicted molar refractivity (Wildman–Crippen MR) is 96.3 cm³/mol. The average Bonchev–Trinajstić information content (AvgIpc) is 2.51. The Morgan fingerprint density at radius 2 is 1.62 bits per heavy atom. The predicted octanol–water partition coefficient (Wildman–Crippen LogP) is 4.58. The van der Waals surface area contributed by atoms with Crippen LogP contribution in [0.2, 0.25) is 10.0 Å². The molecule has 0 heterocycles. The summed E-state index contributed by atoms with van der Waals surface area (Å²) in [5.74, 6) is -0.780. The third-order valence-corrected chi connectivity index (χ3v) is 3.83. The van der Waals surface area contributed by atoms with Crippen molar-refractivity contribution in [3.05, 3.63) is 69.7 Å². The van der Waals surface area contributed by atoms with E-state index in [4.69, 9.17) is 23.2 Å². The quantitative estimate of drug-likeness (QED) is 0.792. The molecule has 2 amide bonds. The zero-order valence-electron chi connectivity index (χ0n) is 13.6. The maximum atomic E-state index is 12.9. The summed E-state index contributed by atoms with van der Waals surface area (Å²) >= 11 is 12.0. The number of benzene rings is 2. The summed E-state index contributed by atoms with van der Waals surface area (Å²) in [7, 11) is 0. The van der Waals surface area contributed by atoms with Crippen LogP contribution < -0.4 is 5.43 Å². The SMILES string of the molecule is CC(C)(C)N(NC(=O)c1ccccc1)C(=O)c1ccc(Cl)cc1Cl. The van der Waals surface area contributed by atoms with Crippen molar-refractivity contribution in [2.45, 2.75) is 26.3 Å². The van der Waals surface area contributed by atoms with Crippen molar-refractivity contribution >= 4 is 35.0 Å². The van der Waals surface area contributed by atoms with Crippen molar-refractivity contribution < 1.29 is 9.59 Å². The maximum absolute atomic E-state index is 12.9. The van der Waals surface area contributed by atoms with Crippen molar-refractivity contribution in [3.63, 3.8) is 0 Å². The second-order valence-electron chi connectivity index (χ2n) is 6.24. The molecule has 126 valence electrons. The largest absolute Gasteiger partial charge is 0.274 e. The van der Waals surface area contributed by atoms with E-state index in [0.717, 1.165) is 0 Å². The Balaban J connectivity index is 2.32. The van der Waals surface area contributed by atoms with Crippen molar-refractivity contribution in [3.8, 4) is 0 Å². The lowest BCUT2D eigenvalue weighted by Gasteiger charge is -2.35. The van der Waals surface area contributed by atoms with E-state index in [0.29, 0.717) is 10.6 Å². The molecule has 2 aromatic rings. The van der Waals surface area contributed by atoms with Gasteiger partial charge >= 0.3 is 0 Å². The normalized spacial score (nSPS) is 11.0. The Hall–Kier alpha value is -2.04. The Kier molecular flexibility index (Phi) is 5.52. The van der Waals surface area contributed by atoms with Gasteiger partial charge in [0.1, 0.15) is 0 Å². The van der Waals surface area contributed by atoms with E-state index >= 15 is 0 Å². The Labute approximate surface area is 151 Å². The number of hydrazine groups is 1. The highest BCUT2D eigenvalue weighted by Gasteiger charge is 2.30. The Morgan fingerprint density at radius 1 is 1.00 bits per heavy atom. The molecule has 2 aromatic carbocycles. The molecule has 0 aromatic heterocycles. The summed E-state index contributed by atoms with van der Waals surface area (Å²) in [6, 6.07) is 13.3. The number of hydrogen-bond acceptors (Lipinski definition) is 2. The van der Waals surface area contributed by atoms with Gasteiger partial charge in [0.25, 0.3) is 11.8 Å². The molecule has 0 atom stereocenters. The first-order chi connectivity index (χ1) is 11.2. The molecule has 0 unspecified atom stereocenters. The molecule has 0 fully saturated rings. The molecule has 0 saturated carbocycles. The molecule has 6 heteroatoms. The van der Waals surface area contributed by atoms with Gasteiger partial charge in [-0.2, -0.15) is 0 Å². The van der Waals surface area contributed by atoms with Crippen molar-refractivity contribution in [1.82, 2.24) is 10.4 Å². The number of hydrogen-bond donors (Lipinski definition) is 1. The second kappa shape index (κ2) is 7.24. The van der Waals surface area contributed by atoms with Crippen LogP contribution in [0.1, 0.15) is 41.5 Å². The molecule has 0 saturated heterocycles. The lowest BCUT2D eigenvalue weighted by atomic mass is 10.1. The second-order valence-corrected chi connectivity index (χ2v) is 7.09. The van der Waals surface area contributed by atoms with E-state index in [-0.39, 0.29) is 16.5 Å². The summed E-state index contributed by atoms with van der Waals surface area (Å²) in [5.41, 5.74) is 2.75. The monoisotopic (exact) mass is 364 g/mol. The third-order valence-electron chi connectivity index (χ3n) is 3.28.